The zero-order chi connectivity index (χ0) is 28.3. The van der Waals surface area contributed by atoms with Crippen molar-refractivity contribution >= 4 is 46.3 Å². The number of rotatable bonds is 8. The van der Waals surface area contributed by atoms with Crippen LogP contribution in [-0.2, 0) is 4.79 Å². The van der Waals surface area contributed by atoms with E-state index in [9.17, 15) is 14.4 Å². The summed E-state index contributed by atoms with van der Waals surface area (Å²) in [5, 5.41) is 3.22. The summed E-state index contributed by atoms with van der Waals surface area (Å²) in [5.41, 5.74) is 15.4. The van der Waals surface area contributed by atoms with E-state index in [1.54, 1.807) is 0 Å². The van der Waals surface area contributed by atoms with Gasteiger partial charge in [0, 0.05) is 31.5 Å². The van der Waals surface area contributed by atoms with E-state index in [2.05, 4.69) is 9.69 Å². The molecule has 10 heteroatoms. The molecule has 39 heavy (non-hydrogen) atoms. The lowest BCUT2D eigenvalue weighted by Gasteiger charge is -2.34. The summed E-state index contributed by atoms with van der Waals surface area (Å²) >= 11 is 0.806. The number of hydrogen-bond donors (Lipinski definition) is 3. The predicted octanol–water partition coefficient (Wildman–Crippen LogP) is 4.34. The van der Waals surface area contributed by atoms with Gasteiger partial charge in [-0.15, -0.1) is 0 Å². The van der Waals surface area contributed by atoms with Crippen molar-refractivity contribution in [1.29, 1.82) is 0 Å². The Labute approximate surface area is 233 Å². The van der Waals surface area contributed by atoms with Gasteiger partial charge in [-0.05, 0) is 67.5 Å². The fraction of sp³-hybridized carbons (Fsp3) is 0.379. The molecule has 0 unspecified atom stereocenters. The Bertz CT molecular complexity index is 1360. The maximum atomic E-state index is 14.3. The van der Waals surface area contributed by atoms with Crippen LogP contribution < -0.4 is 26.6 Å². The lowest BCUT2D eigenvalue weighted by Crippen LogP contribution is -2.47. The van der Waals surface area contributed by atoms with Gasteiger partial charge < -0.3 is 21.7 Å². The summed E-state index contributed by atoms with van der Waals surface area (Å²) in [6.07, 6.45) is 5.07. The number of amides is 3. The number of nitrogen functional groups attached to an aromatic ring is 1. The van der Waals surface area contributed by atoms with Crippen molar-refractivity contribution in [2.24, 2.45) is 5.73 Å². The molecule has 1 saturated carbocycles. The normalized spacial score (nSPS) is 14.5. The molecule has 0 spiro atoms. The van der Waals surface area contributed by atoms with Gasteiger partial charge in [-0.1, -0.05) is 49.1 Å². The second kappa shape index (κ2) is 11.9. The minimum Gasteiger partial charge on any atom is -0.395 e. The molecule has 0 aliphatic heterocycles. The monoisotopic (exact) mass is 548 g/mol. The predicted molar refractivity (Wildman–Crippen MR) is 156 cm³/mol. The maximum absolute atomic E-state index is 14.3. The van der Waals surface area contributed by atoms with Crippen molar-refractivity contribution in [1.82, 2.24) is 9.69 Å². The minimum atomic E-state index is -0.990. The Hall–Kier alpha value is -3.92. The van der Waals surface area contributed by atoms with Crippen LogP contribution in [0.1, 0.15) is 75.0 Å². The van der Waals surface area contributed by atoms with Gasteiger partial charge in [-0.2, -0.15) is 4.37 Å². The first-order chi connectivity index (χ1) is 18.6. The third-order valence-electron chi connectivity index (χ3n) is 7.17. The Balaban J connectivity index is 1.88. The Kier molecular flexibility index (Phi) is 8.54. The number of benzene rings is 2. The first kappa shape index (κ1) is 28.1. The molecule has 1 aromatic heterocycles. The first-order valence-electron chi connectivity index (χ1n) is 13.1. The molecular formula is C29H36N6O3S. The maximum Gasteiger partial charge on any atom is 0.273 e. The van der Waals surface area contributed by atoms with Crippen molar-refractivity contribution in [2.45, 2.75) is 58.0 Å². The molecular weight excluding hydrogens is 512 g/mol. The highest BCUT2D eigenvalue weighted by Crippen LogP contribution is 2.36. The fourth-order valence-electron chi connectivity index (χ4n) is 5.08. The molecule has 0 bridgehead atoms. The summed E-state index contributed by atoms with van der Waals surface area (Å²) in [7, 11) is 3.88. The number of aryl methyl sites for hydroxylation is 2. The molecule has 4 rings (SSSR count). The highest BCUT2D eigenvalue weighted by Gasteiger charge is 2.37. The molecule has 3 amide bonds. The van der Waals surface area contributed by atoms with E-state index in [-0.39, 0.29) is 28.2 Å². The number of primary amides is 1. The van der Waals surface area contributed by atoms with E-state index in [1.165, 1.54) is 4.90 Å². The molecule has 1 fully saturated rings. The summed E-state index contributed by atoms with van der Waals surface area (Å²) in [5.74, 6) is -1.61. The number of anilines is 3. The van der Waals surface area contributed by atoms with Crippen molar-refractivity contribution in [3.8, 4) is 0 Å². The second-order valence-electron chi connectivity index (χ2n) is 10.3. The average molecular weight is 549 g/mol. The zero-order valence-electron chi connectivity index (χ0n) is 22.9. The van der Waals surface area contributed by atoms with Crippen molar-refractivity contribution in [2.75, 3.05) is 29.6 Å². The highest BCUT2D eigenvalue weighted by atomic mass is 32.1. The van der Waals surface area contributed by atoms with Gasteiger partial charge in [-0.25, -0.2) is 0 Å². The van der Waals surface area contributed by atoms with Crippen molar-refractivity contribution in [3.63, 3.8) is 0 Å². The summed E-state index contributed by atoms with van der Waals surface area (Å²) in [4.78, 5) is 43.8. The topological polar surface area (TPSA) is 135 Å². The van der Waals surface area contributed by atoms with Crippen LogP contribution in [0.4, 0.5) is 17.1 Å². The molecule has 1 atom stereocenters. The van der Waals surface area contributed by atoms with E-state index >= 15 is 0 Å². The fourth-order valence-corrected chi connectivity index (χ4v) is 5.82. The Morgan fingerprint density at radius 2 is 1.69 bits per heavy atom. The Morgan fingerprint density at radius 3 is 2.26 bits per heavy atom. The van der Waals surface area contributed by atoms with Gasteiger partial charge in [0.05, 0.1) is 5.69 Å². The van der Waals surface area contributed by atoms with Crippen molar-refractivity contribution < 1.29 is 14.4 Å². The van der Waals surface area contributed by atoms with E-state index < -0.39 is 17.9 Å². The van der Waals surface area contributed by atoms with Crippen LogP contribution in [0.2, 0.25) is 0 Å². The smallest absolute Gasteiger partial charge is 0.273 e. The van der Waals surface area contributed by atoms with Crippen LogP contribution >= 0.6 is 11.5 Å². The summed E-state index contributed by atoms with van der Waals surface area (Å²) in [6.45, 7) is 3.87. The quantitative estimate of drug-likeness (QED) is 0.383. The van der Waals surface area contributed by atoms with E-state index in [1.807, 2.05) is 75.3 Å². The van der Waals surface area contributed by atoms with Crippen LogP contribution in [-0.4, -0.2) is 42.2 Å². The van der Waals surface area contributed by atoms with Crippen molar-refractivity contribution in [3.05, 3.63) is 69.7 Å². The molecule has 0 radical (unpaired) electrons. The molecule has 1 heterocycles. The van der Waals surface area contributed by atoms with Gasteiger partial charge in [0.15, 0.2) is 5.69 Å². The number of nitrogens with two attached hydrogens (primary N) is 2. The number of hydrogen-bond acceptors (Lipinski definition) is 7. The molecule has 2 aromatic carbocycles. The van der Waals surface area contributed by atoms with Crippen LogP contribution in [0.15, 0.2) is 42.5 Å². The van der Waals surface area contributed by atoms with Gasteiger partial charge >= 0.3 is 0 Å². The third kappa shape index (κ3) is 6.06. The standard InChI is InChI=1S/C29H36N6O3S/c1-17-10-15-22(18(2)16-17)35(29(38)26-23(30)24(27(31)36)33-39-26)25(19-11-13-21(14-12-19)34(3)4)28(37)32-20-8-6-5-7-9-20/h10-16,20,25H,5-9,30H2,1-4H3,(H2,31,36)(H,32,37)/t25-/m0/s1. The SMILES string of the molecule is Cc1ccc(N(C(=O)c2snc(C(N)=O)c2N)[C@H](C(=O)NC2CCCCC2)c2ccc(N(C)C)cc2)c(C)c1. The third-order valence-corrected chi connectivity index (χ3v) is 8.02. The molecule has 206 valence electrons. The van der Waals surface area contributed by atoms with Crippen LogP contribution in [0.3, 0.4) is 0 Å². The molecule has 9 nitrogen and oxygen atoms in total. The first-order valence-corrected chi connectivity index (χ1v) is 13.9. The van der Waals surface area contributed by atoms with E-state index in [4.69, 9.17) is 11.5 Å². The Morgan fingerprint density at radius 1 is 1.03 bits per heavy atom. The van der Waals surface area contributed by atoms with Crippen LogP contribution in [0.5, 0.6) is 0 Å². The number of carbonyl (C=O) groups excluding carboxylic acids is 3. The minimum absolute atomic E-state index is 0.0424. The average Bonchev–Trinajstić information content (AvgIpc) is 3.29. The largest absolute Gasteiger partial charge is 0.395 e. The van der Waals surface area contributed by atoms with Gasteiger partial charge in [0.25, 0.3) is 11.8 Å². The van der Waals surface area contributed by atoms with Crippen LogP contribution in [0, 0.1) is 13.8 Å². The van der Waals surface area contributed by atoms with E-state index in [0.717, 1.165) is 60.5 Å². The van der Waals surface area contributed by atoms with Crippen LogP contribution in [0.25, 0.3) is 0 Å². The number of carbonyl (C=O) groups is 3. The lowest BCUT2D eigenvalue weighted by molar-refractivity contribution is -0.123. The van der Waals surface area contributed by atoms with E-state index in [0.29, 0.717) is 11.3 Å². The van der Waals surface area contributed by atoms with Gasteiger partial charge in [0.1, 0.15) is 10.9 Å². The number of nitrogens with zero attached hydrogens (tertiary/aromatic N) is 3. The second-order valence-corrected chi connectivity index (χ2v) is 11.1. The number of nitrogens with one attached hydrogen (secondary N) is 1. The molecule has 1 aliphatic carbocycles. The lowest BCUT2D eigenvalue weighted by atomic mass is 9.94. The number of aromatic nitrogens is 1. The van der Waals surface area contributed by atoms with Gasteiger partial charge in [-0.3, -0.25) is 19.3 Å². The molecule has 0 saturated heterocycles. The molecule has 1 aliphatic rings. The summed E-state index contributed by atoms with van der Waals surface area (Å²) in [6, 6.07) is 12.3. The highest BCUT2D eigenvalue weighted by molar-refractivity contribution is 7.09. The molecule has 3 aromatic rings. The zero-order valence-corrected chi connectivity index (χ0v) is 23.7. The summed E-state index contributed by atoms with van der Waals surface area (Å²) < 4.78 is 4.04. The van der Waals surface area contributed by atoms with Gasteiger partial charge in [0.2, 0.25) is 5.91 Å². The molecule has 5 N–H and O–H groups in total.